The van der Waals surface area contributed by atoms with Gasteiger partial charge in [-0.1, -0.05) is 24.8 Å². The summed E-state index contributed by atoms with van der Waals surface area (Å²) in [5.74, 6) is -1.18. The minimum absolute atomic E-state index is 0.277. The van der Waals surface area contributed by atoms with Gasteiger partial charge in [-0.15, -0.1) is 0 Å². The minimum Gasteiger partial charge on any atom is -0.489 e. The number of ether oxygens (including phenoxy) is 1. The number of para-hydroxylation sites is 1. The minimum atomic E-state index is -1.09. The average Bonchev–Trinajstić information content (AvgIpc) is 2.36. The average molecular weight is 249 g/mol. The first-order chi connectivity index (χ1) is 8.56. The Balaban J connectivity index is 2.84. The molecule has 0 fully saturated rings. The van der Waals surface area contributed by atoms with E-state index in [2.05, 4.69) is 11.9 Å². The molecule has 96 valence electrons. The second-order valence-electron chi connectivity index (χ2n) is 3.63. The molecule has 0 heterocycles. The van der Waals surface area contributed by atoms with Crippen LogP contribution in [0.2, 0.25) is 0 Å². The molecular formula is C13H15NO4. The van der Waals surface area contributed by atoms with Crippen LogP contribution in [0.1, 0.15) is 17.3 Å². The fourth-order valence-electron chi connectivity index (χ4n) is 1.26. The second-order valence-corrected chi connectivity index (χ2v) is 3.63. The van der Waals surface area contributed by atoms with Gasteiger partial charge in [-0.2, -0.15) is 0 Å². The van der Waals surface area contributed by atoms with E-state index in [1.807, 2.05) is 0 Å². The van der Waals surface area contributed by atoms with Crippen LogP contribution in [0.5, 0.6) is 5.75 Å². The molecule has 5 nitrogen and oxygen atoms in total. The number of carbonyl (C=O) groups excluding carboxylic acids is 1. The molecule has 0 aliphatic carbocycles. The van der Waals surface area contributed by atoms with Gasteiger partial charge in [0.15, 0.2) is 0 Å². The number of aliphatic carboxylic acids is 1. The van der Waals surface area contributed by atoms with Crippen molar-refractivity contribution in [2.24, 2.45) is 0 Å². The maximum absolute atomic E-state index is 11.9. The lowest BCUT2D eigenvalue weighted by Crippen LogP contribution is -2.38. The molecule has 18 heavy (non-hydrogen) atoms. The monoisotopic (exact) mass is 249 g/mol. The standard InChI is InChI=1S/C13H15NO4/c1-3-8-18-11-7-5-4-6-10(11)12(15)14-9(2)13(16)17/h3-7,9H,1,8H2,2H3,(H,14,15)(H,16,17)/t9-/m1/s1. The van der Waals surface area contributed by atoms with Crippen LogP contribution in [0.3, 0.4) is 0 Å². The molecule has 0 aliphatic rings. The summed E-state index contributed by atoms with van der Waals surface area (Å²) in [6, 6.07) is 5.67. The van der Waals surface area contributed by atoms with Crippen molar-refractivity contribution in [2.45, 2.75) is 13.0 Å². The highest BCUT2D eigenvalue weighted by molar-refractivity contribution is 5.98. The molecule has 2 N–H and O–H groups in total. The number of nitrogens with one attached hydrogen (secondary N) is 1. The topological polar surface area (TPSA) is 75.6 Å². The third kappa shape index (κ3) is 3.62. The Labute approximate surface area is 105 Å². The lowest BCUT2D eigenvalue weighted by atomic mass is 10.1. The number of carboxylic acids is 1. The van der Waals surface area contributed by atoms with E-state index in [9.17, 15) is 9.59 Å². The van der Waals surface area contributed by atoms with Gasteiger partial charge in [-0.3, -0.25) is 9.59 Å². The molecule has 0 saturated heterocycles. The predicted octanol–water partition coefficient (Wildman–Crippen LogP) is 1.45. The summed E-state index contributed by atoms with van der Waals surface area (Å²) < 4.78 is 5.32. The summed E-state index contributed by atoms with van der Waals surface area (Å²) in [4.78, 5) is 22.5. The molecule has 0 aromatic heterocycles. The van der Waals surface area contributed by atoms with Gasteiger partial charge in [-0.05, 0) is 19.1 Å². The van der Waals surface area contributed by atoms with Crippen LogP contribution in [0.4, 0.5) is 0 Å². The molecule has 0 bridgehead atoms. The van der Waals surface area contributed by atoms with E-state index in [1.165, 1.54) is 6.92 Å². The van der Waals surface area contributed by atoms with E-state index >= 15 is 0 Å². The predicted molar refractivity (Wildman–Crippen MR) is 66.7 cm³/mol. The van der Waals surface area contributed by atoms with Crippen LogP contribution in [0.25, 0.3) is 0 Å². The van der Waals surface area contributed by atoms with Crippen LogP contribution < -0.4 is 10.1 Å². The van der Waals surface area contributed by atoms with Crippen LogP contribution in [-0.2, 0) is 4.79 Å². The summed E-state index contributed by atoms with van der Waals surface area (Å²) in [5.41, 5.74) is 0.299. The van der Waals surface area contributed by atoms with E-state index in [0.717, 1.165) is 0 Å². The van der Waals surface area contributed by atoms with Crippen molar-refractivity contribution >= 4 is 11.9 Å². The van der Waals surface area contributed by atoms with Gasteiger partial charge >= 0.3 is 5.97 Å². The largest absolute Gasteiger partial charge is 0.489 e. The summed E-state index contributed by atoms with van der Waals surface area (Å²) >= 11 is 0. The first-order valence-electron chi connectivity index (χ1n) is 5.42. The zero-order valence-corrected chi connectivity index (χ0v) is 10.1. The van der Waals surface area contributed by atoms with E-state index in [4.69, 9.17) is 9.84 Å². The first-order valence-corrected chi connectivity index (χ1v) is 5.42. The molecular weight excluding hydrogens is 234 g/mol. The SMILES string of the molecule is C=CCOc1ccccc1C(=O)N[C@H](C)C(=O)O. The zero-order valence-electron chi connectivity index (χ0n) is 10.1. The molecule has 0 unspecified atom stereocenters. The highest BCUT2D eigenvalue weighted by Crippen LogP contribution is 2.17. The molecule has 5 heteroatoms. The maximum Gasteiger partial charge on any atom is 0.325 e. The van der Waals surface area contributed by atoms with Crippen LogP contribution in [0.15, 0.2) is 36.9 Å². The number of hydrogen-bond acceptors (Lipinski definition) is 3. The van der Waals surface area contributed by atoms with Crippen LogP contribution >= 0.6 is 0 Å². The third-order valence-electron chi connectivity index (χ3n) is 2.21. The van der Waals surface area contributed by atoms with Crippen LogP contribution in [-0.4, -0.2) is 29.6 Å². The summed E-state index contributed by atoms with van der Waals surface area (Å²) in [6.45, 7) is 5.19. The van der Waals surface area contributed by atoms with Crippen LogP contribution in [0, 0.1) is 0 Å². The number of rotatable bonds is 6. The van der Waals surface area contributed by atoms with Gasteiger partial charge in [0.25, 0.3) is 5.91 Å². The fourth-order valence-corrected chi connectivity index (χ4v) is 1.26. The number of amides is 1. The highest BCUT2D eigenvalue weighted by atomic mass is 16.5. The molecule has 1 atom stereocenters. The Morgan fingerprint density at radius 2 is 2.17 bits per heavy atom. The van der Waals surface area contributed by atoms with Crippen molar-refractivity contribution in [3.63, 3.8) is 0 Å². The maximum atomic E-state index is 11.9. The molecule has 0 aliphatic heterocycles. The highest BCUT2D eigenvalue weighted by Gasteiger charge is 2.17. The summed E-state index contributed by atoms with van der Waals surface area (Å²) in [7, 11) is 0. The quantitative estimate of drug-likeness (QED) is 0.748. The number of carbonyl (C=O) groups is 2. The van der Waals surface area contributed by atoms with Crippen molar-refractivity contribution in [3.8, 4) is 5.75 Å². The molecule has 1 aromatic rings. The van der Waals surface area contributed by atoms with Crippen molar-refractivity contribution in [1.29, 1.82) is 0 Å². The van der Waals surface area contributed by atoms with Gasteiger partial charge < -0.3 is 15.2 Å². The van der Waals surface area contributed by atoms with E-state index < -0.39 is 17.9 Å². The summed E-state index contributed by atoms with van der Waals surface area (Å²) in [5, 5.41) is 11.1. The van der Waals surface area contributed by atoms with Crippen molar-refractivity contribution in [1.82, 2.24) is 5.32 Å². The van der Waals surface area contributed by atoms with Crippen molar-refractivity contribution in [2.75, 3.05) is 6.61 Å². The van der Waals surface area contributed by atoms with Crippen molar-refractivity contribution < 1.29 is 19.4 Å². The third-order valence-corrected chi connectivity index (χ3v) is 2.21. The Kier molecular flexibility index (Phi) is 4.92. The van der Waals surface area contributed by atoms with Gasteiger partial charge in [0.2, 0.25) is 0 Å². The smallest absolute Gasteiger partial charge is 0.325 e. The van der Waals surface area contributed by atoms with Gasteiger partial charge in [0, 0.05) is 0 Å². The molecule has 0 radical (unpaired) electrons. The van der Waals surface area contributed by atoms with E-state index in [0.29, 0.717) is 11.3 Å². The molecule has 1 amide bonds. The molecule has 0 saturated carbocycles. The first kappa shape index (κ1) is 13.8. The van der Waals surface area contributed by atoms with Crippen molar-refractivity contribution in [3.05, 3.63) is 42.5 Å². The van der Waals surface area contributed by atoms with Gasteiger partial charge in [-0.25, -0.2) is 0 Å². The van der Waals surface area contributed by atoms with E-state index in [-0.39, 0.29) is 6.61 Å². The number of hydrogen-bond donors (Lipinski definition) is 2. The Morgan fingerprint density at radius 1 is 1.50 bits per heavy atom. The summed E-state index contributed by atoms with van der Waals surface area (Å²) in [6.07, 6.45) is 1.56. The van der Waals surface area contributed by atoms with Gasteiger partial charge in [0.1, 0.15) is 18.4 Å². The lowest BCUT2D eigenvalue weighted by molar-refractivity contribution is -0.138. The normalized spacial score (nSPS) is 11.4. The second kappa shape index (κ2) is 6.44. The molecule has 1 aromatic carbocycles. The number of benzene rings is 1. The molecule has 0 spiro atoms. The lowest BCUT2D eigenvalue weighted by Gasteiger charge is -2.12. The van der Waals surface area contributed by atoms with Gasteiger partial charge in [0.05, 0.1) is 5.56 Å². The fraction of sp³-hybridized carbons (Fsp3) is 0.231. The number of carboxylic acid groups (broad SMARTS) is 1. The van der Waals surface area contributed by atoms with E-state index in [1.54, 1.807) is 30.3 Å². The Bertz CT molecular complexity index is 456. The Morgan fingerprint density at radius 3 is 2.78 bits per heavy atom. The zero-order chi connectivity index (χ0) is 13.5. The molecule has 1 rings (SSSR count). The Hall–Kier alpha value is -2.30.